The summed E-state index contributed by atoms with van der Waals surface area (Å²) in [5, 5.41) is 2.69. The third-order valence-corrected chi connectivity index (χ3v) is 3.87. The first-order valence-electron chi connectivity index (χ1n) is 7.43. The first kappa shape index (κ1) is 17.5. The number of alkyl carbamates (subject to hydrolysis) is 1. The highest BCUT2D eigenvalue weighted by atomic mass is 31.1. The largest absolute Gasteiger partial charge is 0.444 e. The van der Waals surface area contributed by atoms with Gasteiger partial charge in [-0.15, -0.1) is 0 Å². The zero-order chi connectivity index (χ0) is 15.2. The lowest BCUT2D eigenvalue weighted by molar-refractivity contribution is 0.0366. The van der Waals surface area contributed by atoms with E-state index in [0.29, 0.717) is 12.3 Å². The van der Waals surface area contributed by atoms with Crippen LogP contribution in [0.25, 0.3) is 0 Å². The number of carbonyl (C=O) groups excluding carboxylic acids is 1. The number of rotatable bonds is 5. The van der Waals surface area contributed by atoms with Gasteiger partial charge >= 0.3 is 6.09 Å². The van der Waals surface area contributed by atoms with E-state index in [4.69, 9.17) is 9.26 Å². The lowest BCUT2D eigenvalue weighted by Crippen LogP contribution is -2.40. The lowest BCUT2D eigenvalue weighted by atomic mass is 9.86. The maximum Gasteiger partial charge on any atom is 0.409 e. The quantitative estimate of drug-likeness (QED) is 0.617. The van der Waals surface area contributed by atoms with E-state index in [2.05, 4.69) is 5.32 Å². The Hall–Kier alpha value is -0.540. The van der Waals surface area contributed by atoms with Crippen molar-refractivity contribution in [2.45, 2.75) is 71.1 Å². The number of amides is 1. The van der Waals surface area contributed by atoms with Gasteiger partial charge in [0.25, 0.3) is 0 Å². The Bertz CT molecular complexity index is 335. The molecule has 0 aromatic heterocycles. The highest BCUT2D eigenvalue weighted by molar-refractivity contribution is 7.38. The molecular weight excluding hydrogens is 277 g/mol. The van der Waals surface area contributed by atoms with Gasteiger partial charge in [0, 0.05) is 6.66 Å². The number of ether oxygens (including phenoxy) is 1. The van der Waals surface area contributed by atoms with Gasteiger partial charge in [0.2, 0.25) is 0 Å². The molecular formula is C14H28NO4P. The Morgan fingerprint density at radius 1 is 1.30 bits per heavy atom. The molecule has 1 fully saturated rings. The SMILES string of the molecule is C[PH](=O)OC(CC1CCCCC1)NC(=O)OC(C)(C)C. The van der Waals surface area contributed by atoms with Gasteiger partial charge in [-0.05, 0) is 33.1 Å². The van der Waals surface area contributed by atoms with Crippen molar-refractivity contribution in [3.8, 4) is 0 Å². The molecule has 1 rings (SSSR count). The lowest BCUT2D eigenvalue weighted by Gasteiger charge is -2.27. The molecule has 0 bridgehead atoms. The predicted molar refractivity (Wildman–Crippen MR) is 80.4 cm³/mol. The molecule has 0 spiro atoms. The van der Waals surface area contributed by atoms with E-state index in [1.807, 2.05) is 20.8 Å². The fourth-order valence-corrected chi connectivity index (χ4v) is 3.06. The van der Waals surface area contributed by atoms with Crippen LogP contribution in [0, 0.1) is 5.92 Å². The molecule has 20 heavy (non-hydrogen) atoms. The average molecular weight is 305 g/mol. The van der Waals surface area contributed by atoms with Gasteiger partial charge < -0.3 is 9.26 Å². The van der Waals surface area contributed by atoms with E-state index in [9.17, 15) is 9.36 Å². The summed E-state index contributed by atoms with van der Waals surface area (Å²) >= 11 is 0. The van der Waals surface area contributed by atoms with Gasteiger partial charge in [-0.25, -0.2) is 4.79 Å². The molecule has 0 heterocycles. The van der Waals surface area contributed by atoms with Crippen molar-refractivity contribution in [2.75, 3.05) is 6.66 Å². The topological polar surface area (TPSA) is 64.6 Å². The van der Waals surface area contributed by atoms with Gasteiger partial charge in [-0.2, -0.15) is 0 Å². The van der Waals surface area contributed by atoms with Gasteiger partial charge in [-0.3, -0.25) is 9.88 Å². The van der Waals surface area contributed by atoms with E-state index < -0.39 is 26.0 Å². The summed E-state index contributed by atoms with van der Waals surface area (Å²) < 4.78 is 21.9. The highest BCUT2D eigenvalue weighted by Gasteiger charge is 2.24. The minimum absolute atomic E-state index is 0.510. The molecule has 1 saturated carbocycles. The molecule has 5 nitrogen and oxygen atoms in total. The molecule has 1 amide bonds. The van der Waals surface area contributed by atoms with Crippen LogP contribution in [0.1, 0.15) is 59.3 Å². The second-order valence-electron chi connectivity index (χ2n) is 6.48. The normalized spacial score (nSPS) is 20.2. The molecule has 2 unspecified atom stereocenters. The van der Waals surface area contributed by atoms with Crippen LogP contribution in [-0.4, -0.2) is 24.6 Å². The first-order valence-corrected chi connectivity index (χ1v) is 9.24. The summed E-state index contributed by atoms with van der Waals surface area (Å²) in [6, 6.07) is 0. The number of hydrogen-bond donors (Lipinski definition) is 1. The fraction of sp³-hybridized carbons (Fsp3) is 0.929. The molecule has 0 aromatic carbocycles. The summed E-state index contributed by atoms with van der Waals surface area (Å²) in [6.45, 7) is 6.97. The van der Waals surface area contributed by atoms with Gasteiger partial charge in [0.1, 0.15) is 11.8 Å². The van der Waals surface area contributed by atoms with Crippen molar-refractivity contribution in [3.05, 3.63) is 0 Å². The van der Waals surface area contributed by atoms with Crippen LogP contribution >= 0.6 is 8.03 Å². The standard InChI is InChI=1S/C14H28NO4P/c1-14(2,3)18-13(16)15-12(19-20(4)17)10-11-8-6-5-7-9-11/h11-12,20H,5-10H2,1-4H3,(H,15,16). The van der Waals surface area contributed by atoms with Crippen LogP contribution in [0.2, 0.25) is 0 Å². The summed E-state index contributed by atoms with van der Waals surface area (Å²) in [6.07, 6.45) is 5.73. The molecule has 0 aromatic rings. The maximum atomic E-state index is 11.8. The zero-order valence-electron chi connectivity index (χ0n) is 13.0. The number of hydrogen-bond acceptors (Lipinski definition) is 4. The van der Waals surface area contributed by atoms with E-state index in [0.717, 1.165) is 12.8 Å². The Kier molecular flexibility index (Phi) is 7.04. The van der Waals surface area contributed by atoms with Gasteiger partial charge in [0.05, 0.1) is 0 Å². The van der Waals surface area contributed by atoms with Crippen LogP contribution in [0.5, 0.6) is 0 Å². The van der Waals surface area contributed by atoms with Crippen LogP contribution in [0.3, 0.4) is 0 Å². The number of nitrogens with one attached hydrogen (secondary N) is 1. The molecule has 0 aliphatic heterocycles. The van der Waals surface area contributed by atoms with Crippen LogP contribution < -0.4 is 5.32 Å². The molecule has 1 aliphatic carbocycles. The summed E-state index contributed by atoms with van der Waals surface area (Å²) in [5.74, 6) is 0.532. The van der Waals surface area contributed by atoms with Crippen molar-refractivity contribution >= 4 is 14.1 Å². The summed E-state index contributed by atoms with van der Waals surface area (Å²) in [5.41, 5.74) is -0.545. The van der Waals surface area contributed by atoms with E-state index >= 15 is 0 Å². The van der Waals surface area contributed by atoms with Crippen molar-refractivity contribution in [2.24, 2.45) is 5.92 Å². The predicted octanol–water partition coefficient (Wildman–Crippen LogP) is 3.93. The first-order chi connectivity index (χ1) is 9.26. The Labute approximate surface area is 122 Å². The van der Waals surface area contributed by atoms with Crippen molar-refractivity contribution in [1.82, 2.24) is 5.32 Å². The van der Waals surface area contributed by atoms with Crippen LogP contribution in [-0.2, 0) is 13.8 Å². The van der Waals surface area contributed by atoms with E-state index in [1.165, 1.54) is 25.9 Å². The van der Waals surface area contributed by atoms with Gasteiger partial charge in [-0.1, -0.05) is 32.1 Å². The third kappa shape index (κ3) is 7.91. The van der Waals surface area contributed by atoms with E-state index in [1.54, 1.807) is 0 Å². The molecule has 0 saturated heterocycles. The molecule has 1 N–H and O–H groups in total. The average Bonchev–Trinajstić information content (AvgIpc) is 2.26. The fourth-order valence-electron chi connectivity index (χ4n) is 2.50. The minimum atomic E-state index is -2.09. The molecule has 2 atom stereocenters. The smallest absolute Gasteiger partial charge is 0.409 e. The van der Waals surface area contributed by atoms with Crippen molar-refractivity contribution < 1.29 is 18.6 Å². The second kappa shape index (κ2) is 8.04. The third-order valence-electron chi connectivity index (χ3n) is 3.26. The van der Waals surface area contributed by atoms with Crippen LogP contribution in [0.15, 0.2) is 0 Å². The Balaban J connectivity index is 2.50. The second-order valence-corrected chi connectivity index (χ2v) is 7.70. The molecule has 6 heteroatoms. The summed E-state index contributed by atoms with van der Waals surface area (Å²) in [4.78, 5) is 11.8. The van der Waals surface area contributed by atoms with Crippen molar-refractivity contribution in [1.29, 1.82) is 0 Å². The molecule has 1 aliphatic rings. The van der Waals surface area contributed by atoms with Crippen LogP contribution in [0.4, 0.5) is 4.79 Å². The maximum absolute atomic E-state index is 11.8. The Morgan fingerprint density at radius 2 is 1.90 bits per heavy atom. The van der Waals surface area contributed by atoms with Gasteiger partial charge in [0.15, 0.2) is 8.03 Å². The Morgan fingerprint density at radius 3 is 2.40 bits per heavy atom. The monoisotopic (exact) mass is 305 g/mol. The molecule has 118 valence electrons. The zero-order valence-corrected chi connectivity index (χ0v) is 14.0. The highest BCUT2D eigenvalue weighted by Crippen LogP contribution is 2.30. The molecule has 0 radical (unpaired) electrons. The summed E-state index contributed by atoms with van der Waals surface area (Å²) in [7, 11) is -2.09. The number of carbonyl (C=O) groups is 1. The van der Waals surface area contributed by atoms with Crippen molar-refractivity contribution in [3.63, 3.8) is 0 Å². The minimum Gasteiger partial charge on any atom is -0.444 e. The van der Waals surface area contributed by atoms with E-state index in [-0.39, 0.29) is 0 Å².